The number of ketones is 1. The van der Waals surface area contributed by atoms with Crippen molar-refractivity contribution in [2.75, 3.05) is 13.1 Å². The Morgan fingerprint density at radius 1 is 1.47 bits per heavy atom. The van der Waals surface area contributed by atoms with E-state index in [1.165, 1.54) is 0 Å². The zero-order valence-electron chi connectivity index (χ0n) is 10.1. The molecule has 2 heterocycles. The first-order chi connectivity index (χ1) is 8.08. The molecule has 0 aliphatic carbocycles. The molecule has 0 N–H and O–H groups in total. The number of amides is 1. The van der Waals surface area contributed by atoms with Crippen LogP contribution in [0.1, 0.15) is 29.5 Å². The first-order valence-corrected chi connectivity index (χ1v) is 5.83. The summed E-state index contributed by atoms with van der Waals surface area (Å²) in [6.07, 6.45) is 0.457. The summed E-state index contributed by atoms with van der Waals surface area (Å²) >= 11 is 0. The van der Waals surface area contributed by atoms with Crippen molar-refractivity contribution in [2.24, 2.45) is 5.92 Å². The lowest BCUT2D eigenvalue weighted by atomic mass is 9.98. The van der Waals surface area contributed by atoms with Gasteiger partial charge >= 0.3 is 0 Å². The number of nitrogens with zero attached hydrogens (tertiary/aromatic N) is 2. The topological polar surface area (TPSA) is 50.3 Å². The van der Waals surface area contributed by atoms with Crippen molar-refractivity contribution in [3.8, 4) is 0 Å². The van der Waals surface area contributed by atoms with Gasteiger partial charge in [-0.3, -0.25) is 9.59 Å². The second kappa shape index (κ2) is 4.65. The molecule has 1 aliphatic rings. The van der Waals surface area contributed by atoms with Crippen LogP contribution in [0, 0.1) is 12.8 Å². The van der Waals surface area contributed by atoms with Crippen LogP contribution in [0.3, 0.4) is 0 Å². The highest BCUT2D eigenvalue weighted by molar-refractivity contribution is 5.94. The standard InChI is InChI=1S/C13H16N2O2/c1-9-8-15(7-6-12(9)16)13(17)11-5-3-4-10(2)14-11/h3-5,9H,6-8H2,1-2H3. The van der Waals surface area contributed by atoms with E-state index >= 15 is 0 Å². The fourth-order valence-electron chi connectivity index (χ4n) is 2.02. The molecule has 1 aromatic heterocycles. The van der Waals surface area contributed by atoms with Crippen LogP contribution in [0.5, 0.6) is 0 Å². The first-order valence-electron chi connectivity index (χ1n) is 5.83. The lowest BCUT2D eigenvalue weighted by Crippen LogP contribution is -2.43. The van der Waals surface area contributed by atoms with Crippen LogP contribution in [0.25, 0.3) is 0 Å². The summed E-state index contributed by atoms with van der Waals surface area (Å²) in [6.45, 7) is 4.75. The monoisotopic (exact) mass is 232 g/mol. The molecule has 1 fully saturated rings. The summed E-state index contributed by atoms with van der Waals surface area (Å²) in [5.74, 6) is 0.108. The van der Waals surface area contributed by atoms with Gasteiger partial charge in [-0.2, -0.15) is 0 Å². The SMILES string of the molecule is Cc1cccc(C(=O)N2CCC(=O)C(C)C2)n1. The fourth-order valence-corrected chi connectivity index (χ4v) is 2.02. The minimum atomic E-state index is -0.0759. The number of piperidine rings is 1. The molecule has 2 rings (SSSR count). The van der Waals surface area contributed by atoms with Gasteiger partial charge in [0.25, 0.3) is 5.91 Å². The van der Waals surface area contributed by atoms with E-state index < -0.39 is 0 Å². The molecule has 1 aromatic rings. The number of rotatable bonds is 1. The van der Waals surface area contributed by atoms with Gasteiger partial charge < -0.3 is 4.90 Å². The number of aryl methyl sites for hydroxylation is 1. The van der Waals surface area contributed by atoms with E-state index in [4.69, 9.17) is 0 Å². The lowest BCUT2D eigenvalue weighted by Gasteiger charge is -2.29. The zero-order chi connectivity index (χ0) is 12.4. The molecule has 0 bridgehead atoms. The molecule has 1 unspecified atom stereocenters. The van der Waals surface area contributed by atoms with Gasteiger partial charge in [-0.25, -0.2) is 4.98 Å². The number of carbonyl (C=O) groups excluding carboxylic acids is 2. The summed E-state index contributed by atoms with van der Waals surface area (Å²) in [4.78, 5) is 29.5. The maximum absolute atomic E-state index is 12.2. The van der Waals surface area contributed by atoms with Crippen molar-refractivity contribution in [1.82, 2.24) is 9.88 Å². The number of pyridine rings is 1. The molecule has 0 saturated carbocycles. The van der Waals surface area contributed by atoms with Crippen molar-refractivity contribution >= 4 is 11.7 Å². The molecular weight excluding hydrogens is 216 g/mol. The minimum absolute atomic E-state index is 0.0579. The van der Waals surface area contributed by atoms with E-state index in [-0.39, 0.29) is 17.6 Å². The molecule has 0 aromatic carbocycles. The normalized spacial score (nSPS) is 20.5. The van der Waals surface area contributed by atoms with E-state index in [1.54, 1.807) is 11.0 Å². The average molecular weight is 232 g/mol. The van der Waals surface area contributed by atoms with Gasteiger partial charge in [0, 0.05) is 31.1 Å². The first kappa shape index (κ1) is 11.8. The average Bonchev–Trinajstić information content (AvgIpc) is 2.32. The van der Waals surface area contributed by atoms with Crippen molar-refractivity contribution in [3.05, 3.63) is 29.6 Å². The molecule has 0 radical (unpaired) electrons. The number of hydrogen-bond donors (Lipinski definition) is 0. The highest BCUT2D eigenvalue weighted by atomic mass is 16.2. The van der Waals surface area contributed by atoms with Crippen LogP contribution in [-0.2, 0) is 4.79 Å². The predicted molar refractivity (Wildman–Crippen MR) is 63.7 cm³/mol. The Morgan fingerprint density at radius 2 is 2.24 bits per heavy atom. The Kier molecular flexibility index (Phi) is 3.22. The fraction of sp³-hybridized carbons (Fsp3) is 0.462. The van der Waals surface area contributed by atoms with Gasteiger partial charge in [-0.05, 0) is 19.1 Å². The number of carbonyl (C=O) groups is 2. The highest BCUT2D eigenvalue weighted by Crippen LogP contribution is 2.14. The minimum Gasteiger partial charge on any atom is -0.336 e. The maximum atomic E-state index is 12.2. The van der Waals surface area contributed by atoms with Gasteiger partial charge in [0.05, 0.1) is 0 Å². The summed E-state index contributed by atoms with van der Waals surface area (Å²) in [7, 11) is 0. The van der Waals surface area contributed by atoms with Crippen LogP contribution < -0.4 is 0 Å². The molecule has 1 aliphatic heterocycles. The maximum Gasteiger partial charge on any atom is 0.272 e. The van der Waals surface area contributed by atoms with E-state index in [9.17, 15) is 9.59 Å². The van der Waals surface area contributed by atoms with Crippen LogP contribution in [0.15, 0.2) is 18.2 Å². The molecule has 4 nitrogen and oxygen atoms in total. The van der Waals surface area contributed by atoms with Gasteiger partial charge in [0.2, 0.25) is 0 Å². The molecule has 90 valence electrons. The molecule has 1 amide bonds. The van der Waals surface area contributed by atoms with Gasteiger partial charge in [-0.15, -0.1) is 0 Å². The third-order valence-corrected chi connectivity index (χ3v) is 3.07. The van der Waals surface area contributed by atoms with E-state index in [0.29, 0.717) is 25.2 Å². The van der Waals surface area contributed by atoms with Crippen molar-refractivity contribution < 1.29 is 9.59 Å². The Balaban J connectivity index is 2.13. The molecule has 1 saturated heterocycles. The third kappa shape index (κ3) is 2.52. The summed E-state index contributed by atoms with van der Waals surface area (Å²) < 4.78 is 0. The Hall–Kier alpha value is -1.71. The van der Waals surface area contributed by atoms with Crippen LogP contribution in [0.2, 0.25) is 0 Å². The Morgan fingerprint density at radius 3 is 2.88 bits per heavy atom. The quantitative estimate of drug-likeness (QED) is 0.736. The number of aromatic nitrogens is 1. The molecule has 4 heteroatoms. The second-order valence-electron chi connectivity index (χ2n) is 4.53. The summed E-state index contributed by atoms with van der Waals surface area (Å²) in [6, 6.07) is 5.41. The predicted octanol–water partition coefficient (Wildman–Crippen LogP) is 1.44. The Labute approximate surface area is 101 Å². The number of likely N-dealkylation sites (tertiary alicyclic amines) is 1. The van der Waals surface area contributed by atoms with E-state index in [1.807, 2.05) is 26.0 Å². The van der Waals surface area contributed by atoms with Gasteiger partial charge in [-0.1, -0.05) is 13.0 Å². The molecular formula is C13H16N2O2. The molecule has 0 spiro atoms. The van der Waals surface area contributed by atoms with E-state index in [0.717, 1.165) is 5.69 Å². The largest absolute Gasteiger partial charge is 0.336 e. The summed E-state index contributed by atoms with van der Waals surface area (Å²) in [5.41, 5.74) is 1.29. The summed E-state index contributed by atoms with van der Waals surface area (Å²) in [5, 5.41) is 0. The van der Waals surface area contributed by atoms with Crippen LogP contribution in [-0.4, -0.2) is 34.7 Å². The van der Waals surface area contributed by atoms with Crippen LogP contribution in [0.4, 0.5) is 0 Å². The smallest absolute Gasteiger partial charge is 0.272 e. The number of Topliss-reactive ketones (excluding diaryl/α,β-unsaturated/α-hetero) is 1. The lowest BCUT2D eigenvalue weighted by molar-refractivity contribution is -0.124. The molecule has 1 atom stereocenters. The van der Waals surface area contributed by atoms with Gasteiger partial charge in [0.15, 0.2) is 0 Å². The van der Waals surface area contributed by atoms with Crippen LogP contribution >= 0.6 is 0 Å². The van der Waals surface area contributed by atoms with Crippen molar-refractivity contribution in [3.63, 3.8) is 0 Å². The van der Waals surface area contributed by atoms with Crippen molar-refractivity contribution in [1.29, 1.82) is 0 Å². The van der Waals surface area contributed by atoms with E-state index in [2.05, 4.69) is 4.98 Å². The zero-order valence-corrected chi connectivity index (χ0v) is 10.1. The highest BCUT2D eigenvalue weighted by Gasteiger charge is 2.27. The number of hydrogen-bond acceptors (Lipinski definition) is 3. The Bertz CT molecular complexity index is 456. The van der Waals surface area contributed by atoms with Crippen molar-refractivity contribution in [2.45, 2.75) is 20.3 Å². The molecule has 17 heavy (non-hydrogen) atoms. The third-order valence-electron chi connectivity index (χ3n) is 3.07. The second-order valence-corrected chi connectivity index (χ2v) is 4.53. The van der Waals surface area contributed by atoms with Gasteiger partial charge in [0.1, 0.15) is 11.5 Å².